The molecule has 0 aromatic heterocycles. The number of benzene rings is 2. The third-order valence-electron chi connectivity index (χ3n) is 4.31. The van der Waals surface area contributed by atoms with Crippen LogP contribution in [0.5, 0.6) is 11.5 Å². The molecule has 1 amide bonds. The average Bonchev–Trinajstić information content (AvgIpc) is 2.67. The highest BCUT2D eigenvalue weighted by Crippen LogP contribution is 2.32. The highest BCUT2D eigenvalue weighted by molar-refractivity contribution is 7.89. The largest absolute Gasteiger partial charge is 0.486 e. The van der Waals surface area contributed by atoms with E-state index in [9.17, 15) is 13.2 Å². The molecule has 28 heavy (non-hydrogen) atoms. The Bertz CT molecular complexity index is 980. The fourth-order valence-electron chi connectivity index (χ4n) is 2.80. The number of nitrogens with zero attached hydrogens (tertiary/aromatic N) is 1. The smallest absolute Gasteiger partial charge is 0.243 e. The van der Waals surface area contributed by atoms with Crippen molar-refractivity contribution in [3.05, 3.63) is 53.1 Å². The molecule has 150 valence electrons. The zero-order valence-corrected chi connectivity index (χ0v) is 17.1. The summed E-state index contributed by atoms with van der Waals surface area (Å²) in [6, 6.07) is 11.2. The van der Waals surface area contributed by atoms with Crippen LogP contribution in [0.1, 0.15) is 18.5 Å². The summed E-state index contributed by atoms with van der Waals surface area (Å²) in [6.45, 7) is 2.26. The first-order chi connectivity index (χ1) is 13.3. The third kappa shape index (κ3) is 4.57. The van der Waals surface area contributed by atoms with Crippen LogP contribution in [-0.2, 0) is 14.8 Å². The van der Waals surface area contributed by atoms with Crippen LogP contribution in [0.25, 0.3) is 0 Å². The van der Waals surface area contributed by atoms with Gasteiger partial charge in [-0.05, 0) is 36.8 Å². The standard InChI is InChI=1S/C19H21ClN2O5S/c1-13(14-4-3-5-15(20)10-14)21-19(23)12-22(2)28(24,25)16-6-7-17-18(11-16)27-9-8-26-17/h3-7,10-11,13H,8-9,12H2,1-2H3,(H,21,23)/t13-/m0/s1. The quantitative estimate of drug-likeness (QED) is 0.770. The Morgan fingerprint density at radius 3 is 2.61 bits per heavy atom. The van der Waals surface area contributed by atoms with Crippen molar-refractivity contribution in [3.63, 3.8) is 0 Å². The molecule has 3 rings (SSSR count). The van der Waals surface area contributed by atoms with Gasteiger partial charge in [0.25, 0.3) is 0 Å². The zero-order valence-electron chi connectivity index (χ0n) is 15.5. The number of nitrogens with one attached hydrogen (secondary N) is 1. The zero-order chi connectivity index (χ0) is 20.3. The monoisotopic (exact) mass is 424 g/mol. The summed E-state index contributed by atoms with van der Waals surface area (Å²) in [5.74, 6) is 0.455. The number of carbonyl (C=O) groups is 1. The van der Waals surface area contributed by atoms with Crippen molar-refractivity contribution in [1.82, 2.24) is 9.62 Å². The molecule has 1 aliphatic rings. The lowest BCUT2D eigenvalue weighted by Gasteiger charge is -2.22. The summed E-state index contributed by atoms with van der Waals surface area (Å²) in [6.07, 6.45) is 0. The SMILES string of the molecule is C[C@H](NC(=O)CN(C)S(=O)(=O)c1ccc2c(c1)OCCO2)c1cccc(Cl)c1. The van der Waals surface area contributed by atoms with Crippen molar-refractivity contribution < 1.29 is 22.7 Å². The lowest BCUT2D eigenvalue weighted by molar-refractivity contribution is -0.121. The number of hydrogen-bond donors (Lipinski definition) is 1. The van der Waals surface area contributed by atoms with Crippen LogP contribution in [0.4, 0.5) is 0 Å². The van der Waals surface area contributed by atoms with Gasteiger partial charge in [-0.25, -0.2) is 8.42 Å². The Balaban J connectivity index is 1.67. The minimum absolute atomic E-state index is 0.0370. The van der Waals surface area contributed by atoms with Gasteiger partial charge in [0.2, 0.25) is 15.9 Å². The molecule has 0 fully saturated rings. The molecule has 0 spiro atoms. The first kappa shape index (κ1) is 20.4. The van der Waals surface area contributed by atoms with Crippen LogP contribution in [-0.4, -0.2) is 45.4 Å². The van der Waals surface area contributed by atoms with E-state index in [1.807, 2.05) is 6.07 Å². The molecular formula is C19H21ClN2O5S. The van der Waals surface area contributed by atoms with Gasteiger partial charge < -0.3 is 14.8 Å². The van der Waals surface area contributed by atoms with Crippen molar-refractivity contribution in [2.45, 2.75) is 17.9 Å². The van der Waals surface area contributed by atoms with Crippen molar-refractivity contribution in [2.75, 3.05) is 26.8 Å². The Labute approximate surface area is 169 Å². The van der Waals surface area contributed by atoms with Gasteiger partial charge in [-0.2, -0.15) is 4.31 Å². The molecule has 1 aliphatic heterocycles. The second-order valence-corrected chi connectivity index (χ2v) is 8.89. The summed E-state index contributed by atoms with van der Waals surface area (Å²) in [5, 5.41) is 3.35. The lowest BCUT2D eigenvalue weighted by Crippen LogP contribution is -2.39. The topological polar surface area (TPSA) is 84.9 Å². The van der Waals surface area contributed by atoms with E-state index < -0.39 is 15.9 Å². The predicted molar refractivity (Wildman–Crippen MR) is 105 cm³/mol. The van der Waals surface area contributed by atoms with E-state index in [1.54, 1.807) is 31.2 Å². The molecule has 2 aromatic rings. The van der Waals surface area contributed by atoms with Gasteiger partial charge in [0, 0.05) is 18.1 Å². The van der Waals surface area contributed by atoms with Crippen molar-refractivity contribution in [3.8, 4) is 11.5 Å². The van der Waals surface area contributed by atoms with Crippen molar-refractivity contribution in [2.24, 2.45) is 0 Å². The Morgan fingerprint density at radius 1 is 1.18 bits per heavy atom. The summed E-state index contributed by atoms with van der Waals surface area (Å²) in [7, 11) is -2.50. The van der Waals surface area contributed by atoms with E-state index in [2.05, 4.69) is 5.32 Å². The van der Waals surface area contributed by atoms with E-state index in [-0.39, 0.29) is 17.5 Å². The van der Waals surface area contributed by atoms with Crippen molar-refractivity contribution >= 4 is 27.5 Å². The number of likely N-dealkylation sites (N-methyl/N-ethyl adjacent to an activating group) is 1. The summed E-state index contributed by atoms with van der Waals surface area (Å²) in [4.78, 5) is 12.4. The normalized spacial score (nSPS) is 14.6. The molecule has 0 unspecified atom stereocenters. The lowest BCUT2D eigenvalue weighted by atomic mass is 10.1. The van der Waals surface area contributed by atoms with Gasteiger partial charge in [-0.1, -0.05) is 23.7 Å². The van der Waals surface area contributed by atoms with E-state index >= 15 is 0 Å². The Hall–Kier alpha value is -2.29. The number of rotatable bonds is 6. The maximum atomic E-state index is 12.8. The fraction of sp³-hybridized carbons (Fsp3) is 0.316. The highest BCUT2D eigenvalue weighted by atomic mass is 35.5. The van der Waals surface area contributed by atoms with Crippen LogP contribution in [0.3, 0.4) is 0 Å². The van der Waals surface area contributed by atoms with Gasteiger partial charge in [0.05, 0.1) is 17.5 Å². The maximum absolute atomic E-state index is 12.8. The number of fused-ring (bicyclic) bond motifs is 1. The molecule has 1 N–H and O–H groups in total. The highest BCUT2D eigenvalue weighted by Gasteiger charge is 2.25. The van der Waals surface area contributed by atoms with Crippen LogP contribution < -0.4 is 14.8 Å². The van der Waals surface area contributed by atoms with Crippen LogP contribution >= 0.6 is 11.6 Å². The second-order valence-electron chi connectivity index (χ2n) is 6.41. The molecular weight excluding hydrogens is 404 g/mol. The number of sulfonamides is 1. The van der Waals surface area contributed by atoms with Gasteiger partial charge in [-0.3, -0.25) is 4.79 Å². The van der Waals surface area contributed by atoms with Gasteiger partial charge >= 0.3 is 0 Å². The first-order valence-corrected chi connectivity index (χ1v) is 10.5. The maximum Gasteiger partial charge on any atom is 0.243 e. The predicted octanol–water partition coefficient (Wildman–Crippen LogP) is 2.61. The number of amides is 1. The average molecular weight is 425 g/mol. The molecule has 2 aromatic carbocycles. The third-order valence-corrected chi connectivity index (χ3v) is 6.35. The molecule has 0 saturated heterocycles. The van der Waals surface area contributed by atoms with E-state index in [0.29, 0.717) is 29.7 Å². The molecule has 1 heterocycles. The molecule has 0 bridgehead atoms. The Kier molecular flexibility index (Phi) is 6.12. The van der Waals surface area contributed by atoms with Crippen LogP contribution in [0.15, 0.2) is 47.4 Å². The van der Waals surface area contributed by atoms with Gasteiger partial charge in [-0.15, -0.1) is 0 Å². The minimum Gasteiger partial charge on any atom is -0.486 e. The summed E-state index contributed by atoms with van der Waals surface area (Å²) >= 11 is 5.97. The second kappa shape index (κ2) is 8.38. The van der Waals surface area contributed by atoms with E-state index in [1.165, 1.54) is 19.2 Å². The fourth-order valence-corrected chi connectivity index (χ4v) is 4.14. The number of hydrogen-bond acceptors (Lipinski definition) is 5. The van der Waals surface area contributed by atoms with Gasteiger partial charge in [0.1, 0.15) is 13.2 Å². The van der Waals surface area contributed by atoms with Gasteiger partial charge in [0.15, 0.2) is 11.5 Å². The molecule has 0 aliphatic carbocycles. The van der Waals surface area contributed by atoms with Crippen LogP contribution in [0, 0.1) is 0 Å². The van der Waals surface area contributed by atoms with Crippen molar-refractivity contribution in [1.29, 1.82) is 0 Å². The number of carbonyl (C=O) groups excluding carboxylic acids is 1. The Morgan fingerprint density at radius 2 is 1.89 bits per heavy atom. The summed E-state index contributed by atoms with van der Waals surface area (Å²) < 4.78 is 37.4. The molecule has 0 saturated carbocycles. The van der Waals surface area contributed by atoms with E-state index in [0.717, 1.165) is 9.87 Å². The van der Waals surface area contributed by atoms with Crippen LogP contribution in [0.2, 0.25) is 5.02 Å². The summed E-state index contributed by atoms with van der Waals surface area (Å²) in [5.41, 5.74) is 0.832. The number of halogens is 1. The molecule has 1 atom stereocenters. The first-order valence-electron chi connectivity index (χ1n) is 8.68. The van der Waals surface area contributed by atoms with E-state index in [4.69, 9.17) is 21.1 Å². The molecule has 0 radical (unpaired) electrons. The molecule has 7 nitrogen and oxygen atoms in total. The number of ether oxygens (including phenoxy) is 2. The minimum atomic E-state index is -3.86. The molecule has 9 heteroatoms.